The van der Waals surface area contributed by atoms with Crippen molar-refractivity contribution in [1.82, 2.24) is 15.2 Å². The van der Waals surface area contributed by atoms with Crippen LogP contribution in [0.5, 0.6) is 0 Å². The van der Waals surface area contributed by atoms with Crippen LogP contribution < -0.4 is 5.32 Å². The minimum absolute atomic E-state index is 0.584. The summed E-state index contributed by atoms with van der Waals surface area (Å²) in [5, 5.41) is 3.68. The summed E-state index contributed by atoms with van der Waals surface area (Å²) < 4.78 is 0. The molecule has 1 unspecified atom stereocenters. The van der Waals surface area contributed by atoms with Crippen LogP contribution in [0.25, 0.3) is 0 Å². The molecule has 0 amide bonds. The minimum atomic E-state index is 0.584. The molecule has 1 fully saturated rings. The van der Waals surface area contributed by atoms with Crippen molar-refractivity contribution in [2.75, 3.05) is 20.1 Å². The molecule has 2 heterocycles. The summed E-state index contributed by atoms with van der Waals surface area (Å²) in [6, 6.07) is 4.80. The van der Waals surface area contributed by atoms with Crippen molar-refractivity contribution in [1.29, 1.82) is 0 Å². The van der Waals surface area contributed by atoms with Gasteiger partial charge in [-0.15, -0.1) is 0 Å². The standard InChI is InChI=1S/C16H27N3/c1-4-14-6-5-9-17-16(14)12-18-13(2)15-7-10-19(3)11-8-15/h5-6,9,13,15,18H,4,7-8,10-12H2,1-3H3. The van der Waals surface area contributed by atoms with Crippen LogP contribution >= 0.6 is 0 Å². The van der Waals surface area contributed by atoms with E-state index in [1.54, 1.807) is 0 Å². The molecule has 0 radical (unpaired) electrons. The van der Waals surface area contributed by atoms with E-state index in [0.717, 1.165) is 18.9 Å². The molecule has 0 bridgehead atoms. The van der Waals surface area contributed by atoms with Crippen LogP contribution in [-0.4, -0.2) is 36.1 Å². The van der Waals surface area contributed by atoms with Gasteiger partial charge in [-0.05, 0) is 63.9 Å². The number of piperidine rings is 1. The summed E-state index contributed by atoms with van der Waals surface area (Å²) in [5.41, 5.74) is 2.58. The van der Waals surface area contributed by atoms with E-state index in [9.17, 15) is 0 Å². The predicted molar refractivity (Wildman–Crippen MR) is 80.1 cm³/mol. The fourth-order valence-electron chi connectivity index (χ4n) is 2.91. The lowest BCUT2D eigenvalue weighted by Gasteiger charge is -2.33. The Kier molecular flexibility index (Phi) is 5.34. The molecule has 1 N–H and O–H groups in total. The van der Waals surface area contributed by atoms with Crippen LogP contribution in [0.4, 0.5) is 0 Å². The van der Waals surface area contributed by atoms with Gasteiger partial charge in [0.25, 0.3) is 0 Å². The topological polar surface area (TPSA) is 28.2 Å². The Labute approximate surface area is 117 Å². The van der Waals surface area contributed by atoms with Crippen LogP contribution in [0.15, 0.2) is 18.3 Å². The molecule has 2 rings (SSSR count). The maximum atomic E-state index is 4.51. The first-order chi connectivity index (χ1) is 9.20. The van der Waals surface area contributed by atoms with Gasteiger partial charge < -0.3 is 10.2 Å². The zero-order valence-electron chi connectivity index (χ0n) is 12.5. The van der Waals surface area contributed by atoms with Gasteiger partial charge in [0.2, 0.25) is 0 Å². The van der Waals surface area contributed by atoms with Crippen molar-refractivity contribution in [3.05, 3.63) is 29.6 Å². The van der Waals surface area contributed by atoms with Crippen molar-refractivity contribution in [3.8, 4) is 0 Å². The molecule has 1 aliphatic heterocycles. The molecule has 3 heteroatoms. The number of likely N-dealkylation sites (tertiary alicyclic amines) is 1. The third-order valence-electron chi connectivity index (χ3n) is 4.43. The third kappa shape index (κ3) is 4.02. The maximum absolute atomic E-state index is 4.51. The Morgan fingerprint density at radius 2 is 2.16 bits per heavy atom. The van der Waals surface area contributed by atoms with Gasteiger partial charge >= 0.3 is 0 Å². The zero-order valence-corrected chi connectivity index (χ0v) is 12.5. The summed E-state index contributed by atoms with van der Waals surface area (Å²) in [4.78, 5) is 6.94. The van der Waals surface area contributed by atoms with Crippen molar-refractivity contribution < 1.29 is 0 Å². The zero-order chi connectivity index (χ0) is 13.7. The molecule has 0 aliphatic carbocycles. The quantitative estimate of drug-likeness (QED) is 0.882. The van der Waals surface area contributed by atoms with E-state index >= 15 is 0 Å². The average molecular weight is 261 g/mol. The molecule has 1 atom stereocenters. The summed E-state index contributed by atoms with van der Waals surface area (Å²) in [6.07, 6.45) is 5.59. The summed E-state index contributed by atoms with van der Waals surface area (Å²) >= 11 is 0. The van der Waals surface area contributed by atoms with E-state index in [-0.39, 0.29) is 0 Å². The molecule has 0 aromatic carbocycles. The highest BCUT2D eigenvalue weighted by Gasteiger charge is 2.21. The van der Waals surface area contributed by atoms with Crippen LogP contribution in [0.3, 0.4) is 0 Å². The van der Waals surface area contributed by atoms with E-state index in [1.165, 1.54) is 37.2 Å². The monoisotopic (exact) mass is 261 g/mol. The lowest BCUT2D eigenvalue weighted by Crippen LogP contribution is -2.40. The summed E-state index contributed by atoms with van der Waals surface area (Å²) in [6.45, 7) is 7.89. The molecule has 1 aliphatic rings. The number of hydrogen-bond donors (Lipinski definition) is 1. The van der Waals surface area contributed by atoms with E-state index < -0.39 is 0 Å². The lowest BCUT2D eigenvalue weighted by molar-refractivity contribution is 0.189. The number of aryl methyl sites for hydroxylation is 1. The Bertz CT molecular complexity index is 383. The third-order valence-corrected chi connectivity index (χ3v) is 4.43. The molecule has 1 aromatic heterocycles. The predicted octanol–water partition coefficient (Wildman–Crippen LogP) is 2.46. The van der Waals surface area contributed by atoms with Gasteiger partial charge in [-0.1, -0.05) is 13.0 Å². The van der Waals surface area contributed by atoms with E-state index in [4.69, 9.17) is 0 Å². The fourth-order valence-corrected chi connectivity index (χ4v) is 2.91. The van der Waals surface area contributed by atoms with Crippen molar-refractivity contribution in [2.24, 2.45) is 5.92 Å². The van der Waals surface area contributed by atoms with E-state index in [2.05, 4.69) is 42.2 Å². The number of rotatable bonds is 5. The Hall–Kier alpha value is -0.930. The second kappa shape index (κ2) is 7.01. The molecule has 0 saturated carbocycles. The number of aromatic nitrogens is 1. The van der Waals surface area contributed by atoms with E-state index in [1.807, 2.05) is 12.3 Å². The van der Waals surface area contributed by atoms with Gasteiger partial charge in [0.15, 0.2) is 0 Å². The SMILES string of the molecule is CCc1cccnc1CNC(C)C1CCN(C)CC1. The lowest BCUT2D eigenvalue weighted by atomic mass is 9.90. The highest BCUT2D eigenvalue weighted by atomic mass is 15.1. The highest BCUT2D eigenvalue weighted by Crippen LogP contribution is 2.20. The largest absolute Gasteiger partial charge is 0.308 e. The molecule has 3 nitrogen and oxygen atoms in total. The van der Waals surface area contributed by atoms with Gasteiger partial charge in [-0.25, -0.2) is 0 Å². The van der Waals surface area contributed by atoms with Gasteiger partial charge in [-0.2, -0.15) is 0 Å². The van der Waals surface area contributed by atoms with Gasteiger partial charge in [-0.3, -0.25) is 4.98 Å². The maximum Gasteiger partial charge on any atom is 0.0573 e. The number of hydrogen-bond acceptors (Lipinski definition) is 3. The normalized spacial score (nSPS) is 19.5. The van der Waals surface area contributed by atoms with Crippen LogP contribution in [0.1, 0.15) is 37.9 Å². The van der Waals surface area contributed by atoms with Crippen LogP contribution in [-0.2, 0) is 13.0 Å². The molecule has 1 aromatic rings. The molecular formula is C16H27N3. The summed E-state index contributed by atoms with van der Waals surface area (Å²) in [7, 11) is 2.22. The van der Waals surface area contributed by atoms with Crippen LogP contribution in [0.2, 0.25) is 0 Å². The molecule has 1 saturated heterocycles. The Balaban J connectivity index is 1.84. The Morgan fingerprint density at radius 3 is 2.84 bits per heavy atom. The second-order valence-electron chi connectivity index (χ2n) is 5.77. The van der Waals surface area contributed by atoms with E-state index in [0.29, 0.717) is 6.04 Å². The smallest absolute Gasteiger partial charge is 0.0573 e. The van der Waals surface area contributed by atoms with Gasteiger partial charge in [0, 0.05) is 18.8 Å². The van der Waals surface area contributed by atoms with Crippen molar-refractivity contribution in [3.63, 3.8) is 0 Å². The molecular weight excluding hydrogens is 234 g/mol. The second-order valence-corrected chi connectivity index (χ2v) is 5.77. The average Bonchev–Trinajstić information content (AvgIpc) is 2.45. The number of nitrogens with zero attached hydrogens (tertiary/aromatic N) is 2. The highest BCUT2D eigenvalue weighted by molar-refractivity contribution is 5.19. The van der Waals surface area contributed by atoms with Crippen LogP contribution in [0, 0.1) is 5.92 Å². The van der Waals surface area contributed by atoms with Crippen molar-refractivity contribution in [2.45, 2.75) is 45.7 Å². The number of nitrogens with one attached hydrogen (secondary N) is 1. The van der Waals surface area contributed by atoms with Crippen molar-refractivity contribution >= 4 is 0 Å². The molecule has 19 heavy (non-hydrogen) atoms. The first-order valence-electron chi connectivity index (χ1n) is 7.55. The molecule has 0 spiro atoms. The Morgan fingerprint density at radius 1 is 1.42 bits per heavy atom. The first-order valence-corrected chi connectivity index (χ1v) is 7.55. The number of pyridine rings is 1. The molecule has 106 valence electrons. The summed E-state index contributed by atoms with van der Waals surface area (Å²) in [5.74, 6) is 0.810. The minimum Gasteiger partial charge on any atom is -0.308 e. The van der Waals surface area contributed by atoms with Gasteiger partial charge in [0.05, 0.1) is 5.69 Å². The first kappa shape index (κ1) is 14.5. The fraction of sp³-hybridized carbons (Fsp3) is 0.688. The van der Waals surface area contributed by atoms with Gasteiger partial charge in [0.1, 0.15) is 0 Å².